The van der Waals surface area contributed by atoms with E-state index in [4.69, 9.17) is 0 Å². The molecule has 0 aromatic heterocycles. The predicted octanol–water partition coefficient (Wildman–Crippen LogP) is 5.68. The second-order valence-electron chi connectivity index (χ2n) is 8.18. The van der Waals surface area contributed by atoms with Gasteiger partial charge in [0, 0.05) is 35.4 Å². The summed E-state index contributed by atoms with van der Waals surface area (Å²) in [4.78, 5) is 21.2. The van der Waals surface area contributed by atoms with E-state index in [1.807, 2.05) is 36.4 Å². The largest absolute Gasteiger partial charge is 0.411 e. The molecule has 41 heavy (non-hydrogen) atoms. The van der Waals surface area contributed by atoms with Crippen LogP contribution in [0.2, 0.25) is 0 Å². The lowest BCUT2D eigenvalue weighted by Crippen LogP contribution is -2.17. The molecule has 4 aromatic rings. The summed E-state index contributed by atoms with van der Waals surface area (Å²) in [6.07, 6.45) is 2.49. The molecule has 0 radical (unpaired) electrons. The first-order valence-corrected chi connectivity index (χ1v) is 12.0. The molecule has 0 fully saturated rings. The number of nitro groups is 2. The third-order valence-corrected chi connectivity index (χ3v) is 5.49. The molecule has 0 amide bonds. The Labute approximate surface area is 233 Å². The van der Waals surface area contributed by atoms with Crippen LogP contribution in [0.1, 0.15) is 11.1 Å². The van der Waals surface area contributed by atoms with Gasteiger partial charge in [-0.15, -0.1) is 5.10 Å². The van der Waals surface area contributed by atoms with Crippen molar-refractivity contribution >= 4 is 46.6 Å². The van der Waals surface area contributed by atoms with Crippen LogP contribution in [-0.2, 0) is 0 Å². The number of para-hydroxylation sites is 2. The number of nitrogens with zero attached hydrogens (tertiary/aromatic N) is 7. The standard InChI is InChI=1S/C28H22N8O5/c37-30-20-28(22-13-17-26(18-14-22)36(40)41)33-34(24-9-5-2-6-10-24)29-19-27(32-31-23-7-3-1-4-8-23)21-11-15-25(16-12-21)35(38)39/h1-20,31,37H/b29-19+,30-20+,32-27-,33-28+. The Balaban J connectivity index is 1.76. The maximum atomic E-state index is 11.1. The topological polar surface area (TPSA) is 171 Å². The average Bonchev–Trinajstić information content (AvgIpc) is 3.01. The number of anilines is 2. The fourth-order valence-corrected chi connectivity index (χ4v) is 3.45. The number of hydrazone groups is 3. The van der Waals surface area contributed by atoms with Crippen LogP contribution in [0.4, 0.5) is 22.7 Å². The molecule has 0 saturated carbocycles. The van der Waals surface area contributed by atoms with Gasteiger partial charge >= 0.3 is 0 Å². The molecule has 0 aliphatic heterocycles. The van der Waals surface area contributed by atoms with Gasteiger partial charge in [0.25, 0.3) is 11.4 Å². The molecule has 0 aliphatic rings. The van der Waals surface area contributed by atoms with Crippen LogP contribution < -0.4 is 10.5 Å². The van der Waals surface area contributed by atoms with E-state index in [0.717, 1.165) is 6.21 Å². The van der Waals surface area contributed by atoms with Crippen LogP contribution in [0.5, 0.6) is 0 Å². The highest BCUT2D eigenvalue weighted by Gasteiger charge is 2.12. The molecule has 4 rings (SSSR count). The zero-order valence-corrected chi connectivity index (χ0v) is 21.3. The Morgan fingerprint density at radius 1 is 0.707 bits per heavy atom. The van der Waals surface area contributed by atoms with Crippen LogP contribution in [0.3, 0.4) is 0 Å². The third-order valence-electron chi connectivity index (χ3n) is 5.49. The van der Waals surface area contributed by atoms with Gasteiger partial charge in [-0.05, 0) is 48.5 Å². The van der Waals surface area contributed by atoms with Crippen molar-refractivity contribution in [3.8, 4) is 0 Å². The number of rotatable bonds is 11. The molecule has 0 heterocycles. The first-order valence-electron chi connectivity index (χ1n) is 12.0. The number of non-ortho nitro benzene ring substituents is 2. The van der Waals surface area contributed by atoms with Gasteiger partial charge in [-0.2, -0.15) is 15.3 Å². The fourth-order valence-electron chi connectivity index (χ4n) is 3.45. The summed E-state index contributed by atoms with van der Waals surface area (Å²) in [5, 5.41) is 49.3. The zero-order valence-electron chi connectivity index (χ0n) is 21.3. The summed E-state index contributed by atoms with van der Waals surface area (Å²) >= 11 is 0. The average molecular weight is 551 g/mol. The Kier molecular flexibility index (Phi) is 9.17. The van der Waals surface area contributed by atoms with Gasteiger partial charge < -0.3 is 5.21 Å². The fraction of sp³-hybridized carbons (Fsp3) is 0. The number of benzene rings is 4. The van der Waals surface area contributed by atoms with Gasteiger partial charge in [-0.25, -0.2) is 0 Å². The van der Waals surface area contributed by atoms with E-state index >= 15 is 0 Å². The van der Waals surface area contributed by atoms with Crippen molar-refractivity contribution in [2.45, 2.75) is 0 Å². The Morgan fingerprint density at radius 2 is 1.22 bits per heavy atom. The summed E-state index contributed by atoms with van der Waals surface area (Å²) < 4.78 is 0. The number of nitro benzene ring substituents is 2. The summed E-state index contributed by atoms with van der Waals surface area (Å²) in [5.74, 6) is 0. The molecule has 0 bridgehead atoms. The van der Waals surface area contributed by atoms with Crippen LogP contribution in [-0.4, -0.2) is 38.9 Å². The van der Waals surface area contributed by atoms with E-state index in [1.165, 1.54) is 47.7 Å². The van der Waals surface area contributed by atoms with Gasteiger partial charge in [0.05, 0.1) is 33.7 Å². The first kappa shape index (κ1) is 27.8. The highest BCUT2D eigenvalue weighted by Crippen LogP contribution is 2.18. The van der Waals surface area contributed by atoms with E-state index in [0.29, 0.717) is 28.2 Å². The third kappa shape index (κ3) is 7.64. The molecule has 13 heteroatoms. The van der Waals surface area contributed by atoms with E-state index in [-0.39, 0.29) is 17.1 Å². The number of nitrogens with one attached hydrogen (secondary N) is 1. The molecule has 2 N–H and O–H groups in total. The molecular weight excluding hydrogens is 528 g/mol. The molecule has 13 nitrogen and oxygen atoms in total. The number of hydrogen-bond donors (Lipinski definition) is 2. The van der Waals surface area contributed by atoms with Crippen LogP contribution in [0, 0.1) is 20.2 Å². The van der Waals surface area contributed by atoms with E-state index in [9.17, 15) is 25.4 Å². The summed E-state index contributed by atoms with van der Waals surface area (Å²) in [5.41, 5.74) is 5.44. The van der Waals surface area contributed by atoms with Crippen molar-refractivity contribution in [2.75, 3.05) is 10.5 Å². The van der Waals surface area contributed by atoms with Crippen molar-refractivity contribution < 1.29 is 15.1 Å². The van der Waals surface area contributed by atoms with Crippen LogP contribution in [0.25, 0.3) is 0 Å². The molecule has 4 aromatic carbocycles. The monoisotopic (exact) mass is 550 g/mol. The van der Waals surface area contributed by atoms with Crippen molar-refractivity contribution in [3.63, 3.8) is 0 Å². The highest BCUT2D eigenvalue weighted by atomic mass is 16.6. The van der Waals surface area contributed by atoms with E-state index in [2.05, 4.69) is 25.9 Å². The first-order chi connectivity index (χ1) is 19.9. The summed E-state index contributed by atoms with van der Waals surface area (Å²) in [7, 11) is 0. The summed E-state index contributed by atoms with van der Waals surface area (Å²) in [6, 6.07) is 29.4. The second-order valence-corrected chi connectivity index (χ2v) is 8.18. The van der Waals surface area contributed by atoms with Gasteiger partial charge in [-0.1, -0.05) is 41.6 Å². The Bertz CT molecular complexity index is 1610. The van der Waals surface area contributed by atoms with Crippen LogP contribution in [0.15, 0.2) is 130 Å². The Hall–Kier alpha value is -6.24. The lowest BCUT2D eigenvalue weighted by atomic mass is 10.1. The molecule has 0 spiro atoms. The van der Waals surface area contributed by atoms with E-state index in [1.54, 1.807) is 36.4 Å². The van der Waals surface area contributed by atoms with Gasteiger partial charge in [0.15, 0.2) is 0 Å². The molecule has 0 atom stereocenters. The van der Waals surface area contributed by atoms with Crippen molar-refractivity contribution in [3.05, 3.63) is 141 Å². The molecule has 0 unspecified atom stereocenters. The molecule has 204 valence electrons. The number of hydrogen-bond acceptors (Lipinski definition) is 11. The molecule has 0 saturated heterocycles. The lowest BCUT2D eigenvalue weighted by Gasteiger charge is -2.15. The Morgan fingerprint density at radius 3 is 1.73 bits per heavy atom. The van der Waals surface area contributed by atoms with Gasteiger partial charge in [-0.3, -0.25) is 25.7 Å². The molecule has 0 aliphatic carbocycles. The predicted molar refractivity (Wildman–Crippen MR) is 157 cm³/mol. The highest BCUT2D eigenvalue weighted by molar-refractivity contribution is 6.39. The smallest absolute Gasteiger partial charge is 0.269 e. The van der Waals surface area contributed by atoms with Crippen molar-refractivity contribution in [2.24, 2.45) is 20.5 Å². The van der Waals surface area contributed by atoms with E-state index < -0.39 is 9.85 Å². The maximum absolute atomic E-state index is 11.1. The van der Waals surface area contributed by atoms with Gasteiger partial charge in [0.2, 0.25) is 0 Å². The SMILES string of the molecule is O=[N+]([O-])c1ccc(C(/C=N/O)=N/N(/N=C/C(=N/Nc2ccccc2)c2ccc([N+](=O)[O-])cc2)c2ccccc2)cc1. The maximum Gasteiger partial charge on any atom is 0.269 e. The van der Waals surface area contributed by atoms with Gasteiger partial charge in [0.1, 0.15) is 11.4 Å². The zero-order chi connectivity index (χ0) is 29.0. The molecular formula is C28H22N8O5. The van der Waals surface area contributed by atoms with Crippen molar-refractivity contribution in [1.29, 1.82) is 0 Å². The lowest BCUT2D eigenvalue weighted by molar-refractivity contribution is -0.385. The quantitative estimate of drug-likeness (QED) is 0.105. The minimum absolute atomic E-state index is 0.0763. The second kappa shape index (κ2) is 13.5. The van der Waals surface area contributed by atoms with Crippen molar-refractivity contribution in [1.82, 2.24) is 0 Å². The summed E-state index contributed by atoms with van der Waals surface area (Å²) in [6.45, 7) is 0. The minimum Gasteiger partial charge on any atom is -0.411 e. The van der Waals surface area contributed by atoms with Crippen LogP contribution >= 0.6 is 0 Å². The normalized spacial score (nSPS) is 12.0. The minimum atomic E-state index is -0.524. The number of oxime groups is 1.